The van der Waals surface area contributed by atoms with E-state index in [9.17, 15) is 19.2 Å². The van der Waals surface area contributed by atoms with Gasteiger partial charge < -0.3 is 14.6 Å². The molecule has 0 N–H and O–H groups in total. The molecule has 2 aliphatic heterocycles. The van der Waals surface area contributed by atoms with Crippen LogP contribution in [0.2, 0.25) is 0 Å². The van der Waals surface area contributed by atoms with Crippen molar-refractivity contribution in [3.05, 3.63) is 0 Å². The highest BCUT2D eigenvalue weighted by Gasteiger charge is 2.51. The monoisotopic (exact) mass is 538 g/mol. The molecule has 0 aromatic heterocycles. The summed E-state index contributed by atoms with van der Waals surface area (Å²) < 4.78 is 0. The molecule has 0 aromatic carbocycles. The second kappa shape index (κ2) is 12.5. The molecule has 202 valence electrons. The van der Waals surface area contributed by atoms with Gasteiger partial charge in [0, 0.05) is 36.8 Å². The molecule has 2 rings (SSSR count). The number of hydrogen-bond donors (Lipinski definition) is 0. The summed E-state index contributed by atoms with van der Waals surface area (Å²) in [4.78, 5) is 56.7. The number of likely N-dealkylation sites (N-methyl/N-ethyl adjacent to an activating group) is 2. The minimum atomic E-state index is -0.691. The lowest BCUT2D eigenvalue weighted by Crippen LogP contribution is -2.60. The van der Waals surface area contributed by atoms with E-state index >= 15 is 0 Å². The second-order valence-corrected chi connectivity index (χ2v) is 11.9. The molecule has 2 fully saturated rings. The number of aldehydes is 1. The maximum absolute atomic E-state index is 13.1. The first-order chi connectivity index (χ1) is 16.8. The van der Waals surface area contributed by atoms with E-state index in [2.05, 4.69) is 0 Å². The zero-order valence-electron chi connectivity index (χ0n) is 22.7. The van der Waals surface area contributed by atoms with Crippen LogP contribution in [0.5, 0.6) is 0 Å². The molecule has 0 spiro atoms. The first-order valence-electron chi connectivity index (χ1n) is 13.0. The molecule has 0 bridgehead atoms. The standard InChI is InChI=1S/C26H42N4O4S2/c1-7-27-16-20(33)29(23(27)35)22(30-21(34)17-28(8-2)24(30)36)26(5,6)15-13-19(32)12-10-9-11-14-25(3,4)18-31/h18,22H,7-17H2,1-6H3. The quantitative estimate of drug-likeness (QED) is 0.177. The summed E-state index contributed by atoms with van der Waals surface area (Å²) in [5.74, 6) is -0.155. The van der Waals surface area contributed by atoms with Crippen molar-refractivity contribution in [1.29, 1.82) is 0 Å². The predicted octanol–water partition coefficient (Wildman–Crippen LogP) is 3.76. The van der Waals surface area contributed by atoms with Crippen LogP contribution in [0.1, 0.15) is 86.5 Å². The average molecular weight is 539 g/mol. The Bertz CT molecular complexity index is 847. The third-order valence-electron chi connectivity index (χ3n) is 7.24. The number of carbonyl (C=O) groups excluding carboxylic acids is 4. The van der Waals surface area contributed by atoms with Gasteiger partial charge in [0.1, 0.15) is 18.2 Å². The van der Waals surface area contributed by atoms with Crippen LogP contribution in [0.4, 0.5) is 0 Å². The summed E-state index contributed by atoms with van der Waals surface area (Å²) in [5.41, 5.74) is -0.943. The van der Waals surface area contributed by atoms with E-state index in [1.807, 2.05) is 51.3 Å². The molecule has 36 heavy (non-hydrogen) atoms. The van der Waals surface area contributed by atoms with E-state index in [-0.39, 0.29) is 36.1 Å². The number of unbranched alkanes of at least 4 members (excludes halogenated alkanes) is 2. The highest BCUT2D eigenvalue weighted by Crippen LogP contribution is 2.37. The van der Waals surface area contributed by atoms with Crippen molar-refractivity contribution in [2.75, 3.05) is 26.2 Å². The molecule has 0 aromatic rings. The van der Waals surface area contributed by atoms with Gasteiger partial charge in [0.05, 0.1) is 13.1 Å². The summed E-state index contributed by atoms with van der Waals surface area (Å²) in [6, 6.07) is 0. The number of carbonyl (C=O) groups is 4. The van der Waals surface area contributed by atoms with Gasteiger partial charge in [0.25, 0.3) is 0 Å². The van der Waals surface area contributed by atoms with Gasteiger partial charge in [0.15, 0.2) is 10.2 Å². The summed E-state index contributed by atoms with van der Waals surface area (Å²) in [5, 5.41) is 0.798. The maximum Gasteiger partial charge on any atom is 0.250 e. The Hall–Kier alpha value is -1.94. The molecule has 2 aliphatic rings. The van der Waals surface area contributed by atoms with E-state index in [1.54, 1.807) is 9.80 Å². The Labute approximate surface area is 226 Å². The Kier molecular flexibility index (Phi) is 10.5. The van der Waals surface area contributed by atoms with E-state index in [1.165, 1.54) is 0 Å². The van der Waals surface area contributed by atoms with Crippen LogP contribution < -0.4 is 0 Å². The number of ketones is 1. The van der Waals surface area contributed by atoms with Gasteiger partial charge in [-0.25, -0.2) is 0 Å². The fraction of sp³-hybridized carbons (Fsp3) is 0.769. The van der Waals surface area contributed by atoms with Crippen LogP contribution in [-0.2, 0) is 19.2 Å². The summed E-state index contributed by atoms with van der Waals surface area (Å²) in [7, 11) is 0. The number of rotatable bonds is 15. The normalized spacial score (nSPS) is 17.3. The highest BCUT2D eigenvalue weighted by molar-refractivity contribution is 7.80. The van der Waals surface area contributed by atoms with Gasteiger partial charge in [0.2, 0.25) is 11.8 Å². The first-order valence-corrected chi connectivity index (χ1v) is 13.8. The Morgan fingerprint density at radius 2 is 1.36 bits per heavy atom. The number of nitrogens with zero attached hydrogens (tertiary/aromatic N) is 4. The topological polar surface area (TPSA) is 81.2 Å². The predicted molar refractivity (Wildman–Crippen MR) is 148 cm³/mol. The first kappa shape index (κ1) is 30.3. The Balaban J connectivity index is 2.12. The van der Waals surface area contributed by atoms with Crippen molar-refractivity contribution in [3.63, 3.8) is 0 Å². The molecule has 2 amide bonds. The molecular formula is C26H42N4O4S2. The fourth-order valence-electron chi connectivity index (χ4n) is 4.78. The third-order valence-corrected chi connectivity index (χ3v) is 8.15. The zero-order chi connectivity index (χ0) is 27.3. The van der Waals surface area contributed by atoms with Crippen LogP contribution >= 0.6 is 24.4 Å². The zero-order valence-corrected chi connectivity index (χ0v) is 24.3. The van der Waals surface area contributed by atoms with Crippen molar-refractivity contribution in [2.24, 2.45) is 10.8 Å². The molecule has 2 heterocycles. The minimum Gasteiger partial charge on any atom is -0.340 e. The van der Waals surface area contributed by atoms with Crippen molar-refractivity contribution in [2.45, 2.75) is 92.7 Å². The van der Waals surface area contributed by atoms with Gasteiger partial charge in [-0.1, -0.05) is 40.5 Å². The van der Waals surface area contributed by atoms with Crippen LogP contribution in [0.25, 0.3) is 0 Å². The minimum absolute atomic E-state index is 0.157. The summed E-state index contributed by atoms with van der Waals surface area (Å²) >= 11 is 11.3. The second-order valence-electron chi connectivity index (χ2n) is 11.2. The lowest BCUT2D eigenvalue weighted by Gasteiger charge is -2.44. The van der Waals surface area contributed by atoms with Crippen molar-refractivity contribution < 1.29 is 19.2 Å². The molecule has 10 heteroatoms. The molecule has 0 aliphatic carbocycles. The maximum atomic E-state index is 13.1. The van der Waals surface area contributed by atoms with Crippen molar-refractivity contribution in [3.8, 4) is 0 Å². The molecule has 0 atom stereocenters. The number of Topliss-reactive ketones (excluding diaryl/α,β-unsaturated/α-hetero) is 1. The van der Waals surface area contributed by atoms with Gasteiger partial charge >= 0.3 is 0 Å². The van der Waals surface area contributed by atoms with Gasteiger partial charge in [-0.3, -0.25) is 24.2 Å². The van der Waals surface area contributed by atoms with Crippen molar-refractivity contribution in [1.82, 2.24) is 19.6 Å². The van der Waals surface area contributed by atoms with Crippen LogP contribution in [0.3, 0.4) is 0 Å². The molecule has 0 saturated carbocycles. The molecule has 8 nitrogen and oxygen atoms in total. The molecular weight excluding hydrogens is 496 g/mol. The van der Waals surface area contributed by atoms with Crippen LogP contribution in [0, 0.1) is 10.8 Å². The fourth-order valence-corrected chi connectivity index (χ4v) is 5.57. The number of hydrogen-bond acceptors (Lipinski definition) is 6. The molecule has 0 unspecified atom stereocenters. The van der Waals surface area contributed by atoms with E-state index in [0.29, 0.717) is 42.6 Å². The van der Waals surface area contributed by atoms with Gasteiger partial charge in [-0.05, 0) is 57.5 Å². The van der Waals surface area contributed by atoms with E-state index in [4.69, 9.17) is 24.4 Å². The van der Waals surface area contributed by atoms with Crippen LogP contribution in [0.15, 0.2) is 0 Å². The lowest BCUT2D eigenvalue weighted by atomic mass is 9.81. The summed E-state index contributed by atoms with van der Waals surface area (Å²) in [6.45, 7) is 13.2. The lowest BCUT2D eigenvalue weighted by molar-refractivity contribution is -0.138. The van der Waals surface area contributed by atoms with Crippen LogP contribution in [-0.4, -0.2) is 86.1 Å². The third kappa shape index (κ3) is 7.09. The highest BCUT2D eigenvalue weighted by atomic mass is 32.1. The Morgan fingerprint density at radius 1 is 0.861 bits per heavy atom. The average Bonchev–Trinajstić information content (AvgIpc) is 3.27. The van der Waals surface area contributed by atoms with E-state index in [0.717, 1.165) is 32.0 Å². The molecule has 2 saturated heterocycles. The van der Waals surface area contributed by atoms with Gasteiger partial charge in [-0.2, -0.15) is 0 Å². The number of amides is 2. The summed E-state index contributed by atoms with van der Waals surface area (Å²) in [6.07, 6.45) is 5.05. The number of thiocarbonyl (C=S) groups is 2. The largest absolute Gasteiger partial charge is 0.340 e. The van der Waals surface area contributed by atoms with Crippen molar-refractivity contribution >= 4 is 58.5 Å². The smallest absolute Gasteiger partial charge is 0.250 e. The molecule has 0 radical (unpaired) electrons. The Morgan fingerprint density at radius 3 is 1.78 bits per heavy atom. The van der Waals surface area contributed by atoms with E-state index < -0.39 is 11.6 Å². The van der Waals surface area contributed by atoms with Gasteiger partial charge in [-0.15, -0.1) is 0 Å². The SMILES string of the molecule is CCN1CC(=O)N(C(N2C(=O)CN(CC)C2=S)C(C)(C)CCC(=O)CCCCCC(C)(C)C=O)C1=S.